The number of hydrogen-bond acceptors (Lipinski definition) is 3. The Morgan fingerprint density at radius 1 is 1.00 bits per heavy atom. The maximum absolute atomic E-state index is 7.78. The number of nitrogens with one attached hydrogen (secondary N) is 2. The molecule has 2 rings (SSSR count). The second-order valence-corrected chi connectivity index (χ2v) is 5.37. The Morgan fingerprint density at radius 3 is 2.20 bits per heavy atom. The average molecular weight is 272 g/mol. The summed E-state index contributed by atoms with van der Waals surface area (Å²) in [5.74, 6) is 0. The molecule has 1 aromatic carbocycles. The van der Waals surface area contributed by atoms with Crippen LogP contribution in [0.1, 0.15) is 61.8 Å². The van der Waals surface area contributed by atoms with Crippen LogP contribution in [0.2, 0.25) is 0 Å². The molecule has 4 nitrogen and oxygen atoms in total. The molecule has 0 spiro atoms. The summed E-state index contributed by atoms with van der Waals surface area (Å²) < 4.78 is 0. The van der Waals surface area contributed by atoms with Gasteiger partial charge < -0.3 is 5.41 Å². The molecule has 0 bridgehead atoms. The standard InChI is InChI=1S/C16H24N4/c1-4-6-8-12-13(9-7-5-2)16-15(18-20-19-16)11(3)14(12)10-17/h10,17H,4-9H2,1-3H3,(H,18,19,20). The summed E-state index contributed by atoms with van der Waals surface area (Å²) in [5, 5.41) is 19.2. The molecule has 0 aliphatic carbocycles. The fraction of sp³-hybridized carbons (Fsp3) is 0.562. The lowest BCUT2D eigenvalue weighted by atomic mass is 9.89. The summed E-state index contributed by atoms with van der Waals surface area (Å²) in [6.07, 6.45) is 8.19. The molecule has 20 heavy (non-hydrogen) atoms. The molecule has 0 aliphatic heterocycles. The van der Waals surface area contributed by atoms with Crippen LogP contribution in [-0.2, 0) is 12.8 Å². The van der Waals surface area contributed by atoms with Gasteiger partial charge in [0.2, 0.25) is 0 Å². The summed E-state index contributed by atoms with van der Waals surface area (Å²) in [7, 11) is 0. The number of hydrogen-bond donors (Lipinski definition) is 2. The van der Waals surface area contributed by atoms with E-state index in [1.165, 1.54) is 30.2 Å². The number of aryl methyl sites for hydroxylation is 2. The molecule has 4 heteroatoms. The molecular formula is C16H24N4. The van der Waals surface area contributed by atoms with E-state index in [1.54, 1.807) is 0 Å². The van der Waals surface area contributed by atoms with Crippen molar-refractivity contribution in [2.45, 2.75) is 59.3 Å². The Balaban J connectivity index is 2.64. The predicted molar refractivity (Wildman–Crippen MR) is 83.7 cm³/mol. The fourth-order valence-corrected chi connectivity index (χ4v) is 2.82. The van der Waals surface area contributed by atoms with Gasteiger partial charge in [-0.05, 0) is 49.3 Å². The van der Waals surface area contributed by atoms with Gasteiger partial charge in [-0.25, -0.2) is 0 Å². The van der Waals surface area contributed by atoms with Gasteiger partial charge in [0.15, 0.2) is 0 Å². The molecule has 108 valence electrons. The lowest BCUT2D eigenvalue weighted by Gasteiger charge is -2.15. The van der Waals surface area contributed by atoms with Crippen LogP contribution in [0.4, 0.5) is 0 Å². The lowest BCUT2D eigenvalue weighted by molar-refractivity contribution is 0.759. The van der Waals surface area contributed by atoms with Crippen LogP contribution in [0.5, 0.6) is 0 Å². The van der Waals surface area contributed by atoms with Gasteiger partial charge in [-0.15, -0.1) is 0 Å². The highest BCUT2D eigenvalue weighted by Crippen LogP contribution is 2.29. The number of unbranched alkanes of at least 4 members (excludes halogenated alkanes) is 2. The Morgan fingerprint density at radius 2 is 1.60 bits per heavy atom. The van der Waals surface area contributed by atoms with Gasteiger partial charge in [0.25, 0.3) is 0 Å². The Hall–Kier alpha value is -1.71. The number of aromatic nitrogens is 3. The molecule has 1 heterocycles. The van der Waals surface area contributed by atoms with E-state index >= 15 is 0 Å². The Labute approximate surface area is 120 Å². The smallest absolute Gasteiger partial charge is 0.116 e. The maximum atomic E-state index is 7.78. The fourth-order valence-electron chi connectivity index (χ4n) is 2.82. The van der Waals surface area contributed by atoms with Crippen molar-refractivity contribution in [1.29, 1.82) is 5.41 Å². The first-order chi connectivity index (χ1) is 9.74. The van der Waals surface area contributed by atoms with E-state index in [9.17, 15) is 0 Å². The normalized spacial score (nSPS) is 11.2. The van der Waals surface area contributed by atoms with Crippen molar-refractivity contribution in [3.63, 3.8) is 0 Å². The highest BCUT2D eigenvalue weighted by Gasteiger charge is 2.18. The lowest BCUT2D eigenvalue weighted by Crippen LogP contribution is -2.05. The molecule has 0 saturated carbocycles. The number of nitrogens with zero attached hydrogens (tertiary/aromatic N) is 2. The zero-order valence-electron chi connectivity index (χ0n) is 12.7. The van der Waals surface area contributed by atoms with E-state index in [1.807, 2.05) is 6.92 Å². The summed E-state index contributed by atoms with van der Waals surface area (Å²) in [6.45, 7) is 6.46. The molecule has 0 fully saturated rings. The van der Waals surface area contributed by atoms with Crippen LogP contribution in [0.25, 0.3) is 11.0 Å². The quantitative estimate of drug-likeness (QED) is 0.749. The van der Waals surface area contributed by atoms with Gasteiger partial charge in [0, 0.05) is 11.8 Å². The molecule has 0 unspecified atom stereocenters. The van der Waals surface area contributed by atoms with Gasteiger partial charge in [-0.1, -0.05) is 26.7 Å². The zero-order chi connectivity index (χ0) is 14.5. The summed E-state index contributed by atoms with van der Waals surface area (Å²) in [5.41, 5.74) is 6.67. The molecule has 0 aliphatic rings. The number of fused-ring (bicyclic) bond motifs is 1. The van der Waals surface area contributed by atoms with Gasteiger partial charge in [0.1, 0.15) is 11.0 Å². The molecule has 0 radical (unpaired) electrons. The molecule has 0 atom stereocenters. The zero-order valence-corrected chi connectivity index (χ0v) is 12.7. The summed E-state index contributed by atoms with van der Waals surface area (Å²) in [6, 6.07) is 0. The van der Waals surface area contributed by atoms with Crippen LogP contribution in [0.15, 0.2) is 0 Å². The summed E-state index contributed by atoms with van der Waals surface area (Å²) >= 11 is 0. The van der Waals surface area contributed by atoms with Crippen molar-refractivity contribution in [3.8, 4) is 0 Å². The van der Waals surface area contributed by atoms with Crippen molar-refractivity contribution in [2.24, 2.45) is 0 Å². The van der Waals surface area contributed by atoms with E-state index in [0.717, 1.165) is 47.8 Å². The van der Waals surface area contributed by atoms with Crippen molar-refractivity contribution in [1.82, 2.24) is 15.4 Å². The average Bonchev–Trinajstić information content (AvgIpc) is 2.94. The van der Waals surface area contributed by atoms with Gasteiger partial charge in [-0.3, -0.25) is 0 Å². The monoisotopic (exact) mass is 272 g/mol. The maximum Gasteiger partial charge on any atom is 0.116 e. The van der Waals surface area contributed by atoms with E-state index in [4.69, 9.17) is 5.41 Å². The van der Waals surface area contributed by atoms with Crippen LogP contribution in [0.3, 0.4) is 0 Å². The first kappa shape index (κ1) is 14.7. The number of aromatic amines is 1. The van der Waals surface area contributed by atoms with Gasteiger partial charge >= 0.3 is 0 Å². The van der Waals surface area contributed by atoms with E-state index in [2.05, 4.69) is 29.3 Å². The van der Waals surface area contributed by atoms with Crippen molar-refractivity contribution < 1.29 is 0 Å². The predicted octanol–water partition coefficient (Wildman–Crippen LogP) is 3.95. The largest absolute Gasteiger partial charge is 0.308 e. The molecule has 2 aromatic rings. The molecule has 2 N–H and O–H groups in total. The third kappa shape index (κ3) is 2.60. The number of rotatable bonds is 7. The highest BCUT2D eigenvalue weighted by molar-refractivity contribution is 5.93. The highest BCUT2D eigenvalue weighted by atomic mass is 15.3. The van der Waals surface area contributed by atoms with Crippen LogP contribution >= 0.6 is 0 Å². The minimum atomic E-state index is 0.926. The van der Waals surface area contributed by atoms with Crippen molar-refractivity contribution in [3.05, 3.63) is 22.3 Å². The van der Waals surface area contributed by atoms with Gasteiger partial charge in [0.05, 0.1) is 0 Å². The first-order valence-electron chi connectivity index (χ1n) is 7.59. The van der Waals surface area contributed by atoms with E-state index in [0.29, 0.717) is 0 Å². The second kappa shape index (κ2) is 6.64. The molecular weight excluding hydrogens is 248 g/mol. The molecule has 1 aromatic heterocycles. The molecule has 0 saturated heterocycles. The second-order valence-electron chi connectivity index (χ2n) is 5.37. The van der Waals surface area contributed by atoms with E-state index < -0.39 is 0 Å². The Bertz CT molecular complexity index is 598. The minimum absolute atomic E-state index is 0.926. The third-order valence-corrected chi connectivity index (χ3v) is 3.99. The van der Waals surface area contributed by atoms with Crippen LogP contribution < -0.4 is 0 Å². The summed E-state index contributed by atoms with van der Waals surface area (Å²) in [4.78, 5) is 0. The minimum Gasteiger partial charge on any atom is -0.308 e. The van der Waals surface area contributed by atoms with E-state index in [-0.39, 0.29) is 0 Å². The van der Waals surface area contributed by atoms with Crippen LogP contribution in [0, 0.1) is 12.3 Å². The van der Waals surface area contributed by atoms with Crippen LogP contribution in [-0.4, -0.2) is 21.6 Å². The molecule has 0 amide bonds. The first-order valence-corrected chi connectivity index (χ1v) is 7.59. The number of benzene rings is 1. The third-order valence-electron chi connectivity index (χ3n) is 3.99. The topological polar surface area (TPSA) is 65.4 Å². The van der Waals surface area contributed by atoms with Crippen molar-refractivity contribution >= 4 is 17.2 Å². The number of H-pyrrole nitrogens is 1. The van der Waals surface area contributed by atoms with Crippen molar-refractivity contribution in [2.75, 3.05) is 0 Å². The SMILES string of the molecule is CCCCc1c(C=N)c(C)c2n[nH]nc2c1CCCC. The van der Waals surface area contributed by atoms with Gasteiger partial charge in [-0.2, -0.15) is 15.4 Å². The Kier molecular flexibility index (Phi) is 4.88.